The Hall–Kier alpha value is -1.73. The molecule has 0 aromatic rings. The van der Waals surface area contributed by atoms with Crippen LogP contribution in [0.5, 0.6) is 0 Å². The Balaban J connectivity index is 1.49. The molecule has 202 valence electrons. The molecule has 37 heavy (non-hydrogen) atoms. The highest BCUT2D eigenvalue weighted by atomic mass is 16.6. The molecule has 2 saturated heterocycles. The minimum Gasteiger partial charge on any atom is -0.461 e. The van der Waals surface area contributed by atoms with Gasteiger partial charge in [0.05, 0.1) is 23.0 Å². The molecule has 0 radical (unpaired) electrons. The number of Topliss-reactive ketones (excluding diaryl/α,β-unsaturated/α-hetero) is 1. The van der Waals surface area contributed by atoms with Gasteiger partial charge in [-0.15, -0.1) is 0 Å². The van der Waals surface area contributed by atoms with Crippen molar-refractivity contribution in [1.29, 1.82) is 0 Å². The summed E-state index contributed by atoms with van der Waals surface area (Å²) in [6.45, 7) is 11.7. The molecule has 0 spiro atoms. The van der Waals surface area contributed by atoms with Crippen LogP contribution in [0.15, 0.2) is 11.1 Å². The van der Waals surface area contributed by atoms with E-state index in [2.05, 4.69) is 6.92 Å². The lowest BCUT2D eigenvalue weighted by Crippen LogP contribution is -2.54. The van der Waals surface area contributed by atoms with Crippen molar-refractivity contribution >= 4 is 17.7 Å². The number of carbonyl (C=O) groups is 3. The van der Waals surface area contributed by atoms with Crippen molar-refractivity contribution in [3.63, 3.8) is 0 Å². The number of aliphatic hydroxyl groups is 2. The molecule has 4 saturated carbocycles. The molecule has 0 aromatic carbocycles. The lowest BCUT2D eigenvalue weighted by Gasteiger charge is -2.49. The summed E-state index contributed by atoms with van der Waals surface area (Å²) in [6.07, 6.45) is 1.59. The van der Waals surface area contributed by atoms with Gasteiger partial charge in [0.2, 0.25) is 0 Å². The zero-order valence-corrected chi connectivity index (χ0v) is 22.7. The number of hydrogen-bond donors (Lipinski definition) is 2. The smallest absolute Gasteiger partial charge is 0.309 e. The van der Waals surface area contributed by atoms with Crippen LogP contribution in [0.3, 0.4) is 0 Å². The first-order valence-corrected chi connectivity index (χ1v) is 14.4. The van der Waals surface area contributed by atoms with Crippen LogP contribution in [-0.2, 0) is 23.9 Å². The quantitative estimate of drug-likeness (QED) is 0.379. The molecule has 6 fully saturated rings. The predicted octanol–water partition coefficient (Wildman–Crippen LogP) is 3.06. The van der Waals surface area contributed by atoms with Crippen molar-refractivity contribution in [3.05, 3.63) is 11.1 Å². The van der Waals surface area contributed by atoms with Crippen molar-refractivity contribution in [2.75, 3.05) is 0 Å². The first kappa shape index (κ1) is 24.3. The Labute approximate surface area is 218 Å². The Morgan fingerprint density at radius 3 is 2.14 bits per heavy atom. The van der Waals surface area contributed by atoms with Crippen LogP contribution in [-0.4, -0.2) is 51.3 Å². The van der Waals surface area contributed by atoms with Crippen molar-refractivity contribution in [1.82, 2.24) is 0 Å². The summed E-state index contributed by atoms with van der Waals surface area (Å²) in [6, 6.07) is 0. The SMILES string of the molecule is CC1=C2[C@H]3OC(=O)[C@@H](C)[C@@H]3CC[C@](C)(O)[C@@H]2[C@H]2C3C(=O)[C@H](C)[C@]4([C@@H]3[C@@](C)(O)CC[C@H]3[C@H](C)C(=O)O[C@@H]34)[C@@H]12. The maximum Gasteiger partial charge on any atom is 0.309 e. The molecule has 7 nitrogen and oxygen atoms in total. The highest BCUT2D eigenvalue weighted by molar-refractivity contribution is 5.91. The summed E-state index contributed by atoms with van der Waals surface area (Å²) < 4.78 is 12.3. The average Bonchev–Trinajstić information content (AvgIpc) is 3.50. The van der Waals surface area contributed by atoms with Gasteiger partial charge in [-0.2, -0.15) is 0 Å². The second-order valence-corrected chi connectivity index (χ2v) is 14.2. The summed E-state index contributed by atoms with van der Waals surface area (Å²) in [5.41, 5.74) is -0.794. The van der Waals surface area contributed by atoms with E-state index in [1.54, 1.807) is 0 Å². The van der Waals surface area contributed by atoms with Crippen LogP contribution >= 0.6 is 0 Å². The lowest BCUT2D eigenvalue weighted by atomic mass is 9.56. The van der Waals surface area contributed by atoms with Gasteiger partial charge in [0.1, 0.15) is 18.0 Å². The number of esters is 2. The zero-order valence-electron chi connectivity index (χ0n) is 22.7. The summed E-state index contributed by atoms with van der Waals surface area (Å²) in [4.78, 5) is 39.9. The fourth-order valence-corrected chi connectivity index (χ4v) is 11.4. The van der Waals surface area contributed by atoms with Gasteiger partial charge in [0.25, 0.3) is 0 Å². The maximum absolute atomic E-state index is 14.2. The van der Waals surface area contributed by atoms with Gasteiger partial charge in [0.15, 0.2) is 0 Å². The third-order valence-electron chi connectivity index (χ3n) is 12.8. The molecule has 7 rings (SSSR count). The van der Waals surface area contributed by atoms with Gasteiger partial charge in [-0.3, -0.25) is 14.4 Å². The molecule has 7 aliphatic rings. The van der Waals surface area contributed by atoms with Crippen LogP contribution in [0.4, 0.5) is 0 Å². The van der Waals surface area contributed by atoms with E-state index in [4.69, 9.17) is 9.47 Å². The minimum atomic E-state index is -1.08. The van der Waals surface area contributed by atoms with E-state index < -0.39 is 28.6 Å². The van der Waals surface area contributed by atoms with Crippen LogP contribution < -0.4 is 0 Å². The topological polar surface area (TPSA) is 110 Å². The predicted molar refractivity (Wildman–Crippen MR) is 132 cm³/mol. The van der Waals surface area contributed by atoms with Gasteiger partial charge in [-0.25, -0.2) is 0 Å². The molecule has 2 heterocycles. The van der Waals surface area contributed by atoms with Gasteiger partial charge in [-0.1, -0.05) is 26.3 Å². The molecule has 5 aliphatic carbocycles. The van der Waals surface area contributed by atoms with E-state index in [0.717, 1.165) is 11.1 Å². The Morgan fingerprint density at radius 1 is 0.838 bits per heavy atom. The number of hydrogen-bond acceptors (Lipinski definition) is 7. The van der Waals surface area contributed by atoms with Crippen LogP contribution in [0.25, 0.3) is 0 Å². The van der Waals surface area contributed by atoms with Crippen molar-refractivity contribution in [2.24, 2.45) is 64.6 Å². The Bertz CT molecular complexity index is 1150. The fourth-order valence-electron chi connectivity index (χ4n) is 11.4. The van der Waals surface area contributed by atoms with Crippen molar-refractivity contribution in [2.45, 2.75) is 90.6 Å². The number of carbonyl (C=O) groups excluding carboxylic acids is 3. The van der Waals surface area contributed by atoms with E-state index in [1.807, 2.05) is 34.6 Å². The molecule has 7 heteroatoms. The van der Waals surface area contributed by atoms with E-state index in [0.29, 0.717) is 25.7 Å². The third kappa shape index (κ3) is 2.55. The molecule has 15 atom stereocenters. The van der Waals surface area contributed by atoms with Crippen molar-refractivity contribution < 1.29 is 34.1 Å². The third-order valence-corrected chi connectivity index (χ3v) is 12.8. The van der Waals surface area contributed by atoms with Crippen LogP contribution in [0, 0.1) is 64.6 Å². The minimum absolute atomic E-state index is 0.00106. The summed E-state index contributed by atoms with van der Waals surface area (Å²) >= 11 is 0. The number of allylic oxidation sites excluding steroid dienone is 1. The second kappa shape index (κ2) is 7.07. The highest BCUT2D eigenvalue weighted by Gasteiger charge is 2.83. The number of ketones is 1. The van der Waals surface area contributed by atoms with E-state index in [9.17, 15) is 24.6 Å². The molecular formula is C30H40O7. The number of ether oxygens (including phenoxy) is 2. The van der Waals surface area contributed by atoms with Crippen LogP contribution in [0.1, 0.15) is 67.2 Å². The van der Waals surface area contributed by atoms with Gasteiger partial charge in [-0.05, 0) is 63.9 Å². The molecule has 0 aromatic heterocycles. The largest absolute Gasteiger partial charge is 0.461 e. The fraction of sp³-hybridized carbons (Fsp3) is 0.833. The highest BCUT2D eigenvalue weighted by Crippen LogP contribution is 2.79. The molecule has 0 amide bonds. The summed E-state index contributed by atoms with van der Waals surface area (Å²) in [7, 11) is 0. The zero-order chi connectivity index (χ0) is 26.6. The van der Waals surface area contributed by atoms with Gasteiger partial charge < -0.3 is 19.7 Å². The summed E-state index contributed by atoms with van der Waals surface area (Å²) in [5.74, 6) is -2.64. The Kier molecular flexibility index (Phi) is 4.64. The normalized spacial score (nSPS) is 59.7. The molecular weight excluding hydrogens is 472 g/mol. The first-order chi connectivity index (χ1) is 17.3. The maximum atomic E-state index is 14.2. The van der Waals surface area contributed by atoms with E-state index in [1.165, 1.54) is 0 Å². The average molecular weight is 513 g/mol. The molecule has 2 N–H and O–H groups in total. The second-order valence-electron chi connectivity index (χ2n) is 14.2. The molecule has 2 bridgehead atoms. The van der Waals surface area contributed by atoms with Gasteiger partial charge in [0, 0.05) is 40.9 Å². The number of rotatable bonds is 0. The van der Waals surface area contributed by atoms with Gasteiger partial charge >= 0.3 is 11.9 Å². The standard InChI is InChI=1S/C30H40O7/c1-11-15-7-9-28(5,34)21-17(23(15)36-26(11)32)13(3)20-18(21)19-22(31)14(4)30(20)24(19)29(6,35)10-8-16-12(2)27(33)37-25(16)30/h11-12,14-16,18-21,23-25,34-35H,7-10H2,1-6H3/t11-,12-,14-,15-,16-,18-,19?,20-,21-,23-,24-,25-,28-,29-,30+/m0/s1. The van der Waals surface area contributed by atoms with Crippen molar-refractivity contribution in [3.8, 4) is 0 Å². The summed E-state index contributed by atoms with van der Waals surface area (Å²) in [5, 5.41) is 24.1. The lowest BCUT2D eigenvalue weighted by molar-refractivity contribution is -0.162. The van der Waals surface area contributed by atoms with E-state index in [-0.39, 0.29) is 77.1 Å². The molecule has 2 aliphatic heterocycles. The first-order valence-electron chi connectivity index (χ1n) is 14.4. The number of fused-ring (bicyclic) bond motifs is 7. The monoisotopic (exact) mass is 512 g/mol. The van der Waals surface area contributed by atoms with E-state index >= 15 is 0 Å². The molecule has 1 unspecified atom stereocenters. The van der Waals surface area contributed by atoms with Crippen LogP contribution in [0.2, 0.25) is 0 Å². The Morgan fingerprint density at radius 2 is 1.43 bits per heavy atom.